The molecule has 5 heterocycles. The van der Waals surface area contributed by atoms with E-state index in [1.54, 1.807) is 0 Å². The monoisotopic (exact) mass is 408 g/mol. The number of carbonyl (C=O) groups is 1. The molecule has 2 bridgehead atoms. The van der Waals surface area contributed by atoms with Crippen LogP contribution in [0.5, 0.6) is 0 Å². The summed E-state index contributed by atoms with van der Waals surface area (Å²) < 4.78 is 30.3. The van der Waals surface area contributed by atoms with E-state index in [1.165, 1.54) is 6.92 Å². The minimum atomic E-state index is -0.990. The molecule has 5 saturated heterocycles. The second kappa shape index (κ2) is 5.94. The summed E-state index contributed by atoms with van der Waals surface area (Å²) in [6, 6.07) is 0. The highest BCUT2D eigenvalue weighted by Crippen LogP contribution is 2.73. The molecule has 2 saturated carbocycles. The second-order valence-corrected chi connectivity index (χ2v) is 10.6. The Morgan fingerprint density at radius 1 is 1.21 bits per heavy atom. The van der Waals surface area contributed by atoms with Crippen LogP contribution in [0.25, 0.3) is 0 Å². The fraction of sp³-hybridized carbons (Fsp3) is 0.955. The van der Waals surface area contributed by atoms with Crippen LogP contribution in [0.15, 0.2) is 0 Å². The third-order valence-electron chi connectivity index (χ3n) is 9.53. The maximum atomic E-state index is 12.0. The van der Waals surface area contributed by atoms with Gasteiger partial charge in [-0.3, -0.25) is 4.79 Å². The minimum Gasteiger partial charge on any atom is -0.462 e. The molecule has 0 aromatic rings. The largest absolute Gasteiger partial charge is 0.462 e. The summed E-state index contributed by atoms with van der Waals surface area (Å²) in [7, 11) is 0. The highest BCUT2D eigenvalue weighted by molar-refractivity contribution is 5.66. The number of aliphatic hydroxyl groups is 1. The van der Waals surface area contributed by atoms with E-state index >= 15 is 0 Å². The van der Waals surface area contributed by atoms with Crippen molar-refractivity contribution < 1.29 is 33.6 Å². The quantitative estimate of drug-likeness (QED) is 0.552. The Kier molecular flexibility index (Phi) is 3.89. The molecule has 0 amide bonds. The van der Waals surface area contributed by atoms with Crippen molar-refractivity contribution in [2.75, 3.05) is 13.2 Å². The van der Waals surface area contributed by atoms with E-state index in [0.29, 0.717) is 18.9 Å². The van der Waals surface area contributed by atoms with Gasteiger partial charge in [-0.15, -0.1) is 0 Å². The number of carbonyl (C=O) groups excluding carboxylic acids is 1. The van der Waals surface area contributed by atoms with E-state index in [2.05, 4.69) is 13.8 Å². The summed E-state index contributed by atoms with van der Waals surface area (Å²) in [6.45, 7) is 7.40. The Bertz CT molecular complexity index is 710. The van der Waals surface area contributed by atoms with Crippen LogP contribution < -0.4 is 0 Å². The van der Waals surface area contributed by atoms with Crippen molar-refractivity contribution in [1.29, 1.82) is 0 Å². The summed E-state index contributed by atoms with van der Waals surface area (Å²) in [5.74, 6) is 0.513. The molecular formula is C22H32O7. The summed E-state index contributed by atoms with van der Waals surface area (Å²) >= 11 is 0. The summed E-state index contributed by atoms with van der Waals surface area (Å²) in [5.41, 5.74) is -1.37. The number of aliphatic hydroxyl groups excluding tert-OH is 1. The SMILES string of the molecule is CC(=O)O[C@H]1C[C@@H](C)[C@](C)([C@@H]2C[C@H]3CCO[C@H]3O2)C2C[C@@H]3CC4(CO4)C21[C@@H](O)O3. The number of fused-ring (bicyclic) bond motifs is 2. The zero-order valence-corrected chi connectivity index (χ0v) is 17.5. The fourth-order valence-corrected chi connectivity index (χ4v) is 7.98. The van der Waals surface area contributed by atoms with Gasteiger partial charge in [-0.05, 0) is 37.5 Å². The van der Waals surface area contributed by atoms with Crippen LogP contribution in [0.4, 0.5) is 0 Å². The molecule has 2 aliphatic carbocycles. The van der Waals surface area contributed by atoms with Gasteiger partial charge in [0, 0.05) is 24.7 Å². The van der Waals surface area contributed by atoms with Crippen LogP contribution in [-0.2, 0) is 28.5 Å². The first-order valence-corrected chi connectivity index (χ1v) is 11.2. The van der Waals surface area contributed by atoms with Gasteiger partial charge in [0.25, 0.3) is 0 Å². The number of rotatable bonds is 2. The zero-order valence-electron chi connectivity index (χ0n) is 17.5. The van der Waals surface area contributed by atoms with Crippen molar-refractivity contribution in [1.82, 2.24) is 0 Å². The molecule has 7 fully saturated rings. The summed E-state index contributed by atoms with van der Waals surface area (Å²) in [6.07, 6.45) is 2.87. The van der Waals surface area contributed by atoms with Crippen molar-refractivity contribution in [2.45, 2.75) is 89.4 Å². The van der Waals surface area contributed by atoms with Crippen molar-refractivity contribution >= 4 is 5.97 Å². The van der Waals surface area contributed by atoms with Crippen molar-refractivity contribution in [3.8, 4) is 0 Å². The zero-order chi connectivity index (χ0) is 20.2. The summed E-state index contributed by atoms with van der Waals surface area (Å²) in [5, 5.41) is 11.3. The van der Waals surface area contributed by atoms with Crippen molar-refractivity contribution in [3.05, 3.63) is 0 Å². The topological polar surface area (TPSA) is 86.8 Å². The predicted octanol–water partition coefficient (Wildman–Crippen LogP) is 2.00. The lowest BCUT2D eigenvalue weighted by Crippen LogP contribution is -2.76. The van der Waals surface area contributed by atoms with Gasteiger partial charge in [-0.2, -0.15) is 0 Å². The van der Waals surface area contributed by atoms with E-state index in [0.717, 1.165) is 32.3 Å². The average Bonchev–Trinajstić information content (AvgIpc) is 3.09. The van der Waals surface area contributed by atoms with Crippen molar-refractivity contribution in [3.63, 3.8) is 0 Å². The molecule has 11 atom stereocenters. The minimum absolute atomic E-state index is 0.0286. The van der Waals surface area contributed by atoms with Crippen LogP contribution in [0.3, 0.4) is 0 Å². The lowest BCUT2D eigenvalue weighted by atomic mass is 9.40. The highest BCUT2D eigenvalue weighted by atomic mass is 16.7. The number of hydrogen-bond donors (Lipinski definition) is 1. The van der Waals surface area contributed by atoms with Crippen LogP contribution in [0.2, 0.25) is 0 Å². The van der Waals surface area contributed by atoms with E-state index in [4.69, 9.17) is 23.7 Å². The number of epoxide rings is 1. The van der Waals surface area contributed by atoms with Gasteiger partial charge in [0.1, 0.15) is 11.7 Å². The molecule has 3 unspecified atom stereocenters. The number of ether oxygens (including phenoxy) is 5. The Morgan fingerprint density at radius 2 is 2.00 bits per heavy atom. The van der Waals surface area contributed by atoms with Gasteiger partial charge in [-0.1, -0.05) is 13.8 Å². The predicted molar refractivity (Wildman–Crippen MR) is 99.5 cm³/mol. The molecule has 0 radical (unpaired) electrons. The normalized spacial score (nSPS) is 60.1. The Balaban J connectivity index is 1.45. The molecule has 2 spiro atoms. The smallest absolute Gasteiger partial charge is 0.302 e. The maximum Gasteiger partial charge on any atom is 0.302 e. The first-order valence-electron chi connectivity index (χ1n) is 11.2. The first kappa shape index (κ1) is 19.0. The third kappa shape index (κ3) is 2.23. The Labute approximate surface area is 171 Å². The van der Waals surface area contributed by atoms with Gasteiger partial charge < -0.3 is 28.8 Å². The Hall–Kier alpha value is -0.730. The molecule has 1 N–H and O–H groups in total. The standard InChI is InChI=1S/C22H32O7/c1-11-6-17(27-12(2)23)22-15(8-14(28-19(22)24)9-21(22)10-26-21)20(11,3)16-7-13-4-5-25-18(13)29-16/h11,13-19,24H,4-10H2,1-3H3/t11-,13-,14-,15?,16+,17+,18+,19+,20+,21?,22?/m1/s1. The highest BCUT2D eigenvalue weighted by Gasteiger charge is 2.82. The van der Waals surface area contributed by atoms with Crippen LogP contribution in [0.1, 0.15) is 52.9 Å². The third-order valence-corrected chi connectivity index (χ3v) is 9.53. The lowest BCUT2D eigenvalue weighted by molar-refractivity contribution is -0.375. The van der Waals surface area contributed by atoms with Crippen LogP contribution >= 0.6 is 0 Å². The summed E-state index contributed by atoms with van der Waals surface area (Å²) in [4.78, 5) is 12.0. The molecule has 0 aromatic heterocycles. The van der Waals surface area contributed by atoms with Crippen LogP contribution in [-0.4, -0.2) is 60.8 Å². The molecule has 0 aromatic carbocycles. The number of hydrogen-bond acceptors (Lipinski definition) is 7. The van der Waals surface area contributed by atoms with Gasteiger partial charge >= 0.3 is 5.97 Å². The molecule has 5 aliphatic heterocycles. The average molecular weight is 408 g/mol. The van der Waals surface area contributed by atoms with E-state index in [9.17, 15) is 9.90 Å². The molecule has 162 valence electrons. The molecule has 29 heavy (non-hydrogen) atoms. The number of esters is 1. The van der Waals surface area contributed by atoms with Gasteiger partial charge in [0.05, 0.1) is 30.8 Å². The lowest BCUT2D eigenvalue weighted by Gasteiger charge is -2.68. The molecule has 7 rings (SSSR count). The van der Waals surface area contributed by atoms with Crippen molar-refractivity contribution in [2.24, 2.45) is 28.6 Å². The molecule has 7 aliphatic rings. The Morgan fingerprint density at radius 3 is 2.69 bits per heavy atom. The van der Waals surface area contributed by atoms with Gasteiger partial charge in [0.2, 0.25) is 0 Å². The molecule has 7 nitrogen and oxygen atoms in total. The first-order chi connectivity index (χ1) is 13.8. The van der Waals surface area contributed by atoms with E-state index in [-0.39, 0.29) is 41.7 Å². The maximum absolute atomic E-state index is 12.0. The van der Waals surface area contributed by atoms with Gasteiger partial charge in [-0.25, -0.2) is 0 Å². The fourth-order valence-electron chi connectivity index (χ4n) is 7.98. The van der Waals surface area contributed by atoms with Gasteiger partial charge in [0.15, 0.2) is 12.6 Å². The second-order valence-electron chi connectivity index (χ2n) is 10.6. The molecular weight excluding hydrogens is 376 g/mol. The molecule has 7 heteroatoms. The van der Waals surface area contributed by atoms with Crippen LogP contribution in [0, 0.1) is 28.6 Å². The van der Waals surface area contributed by atoms with E-state index < -0.39 is 23.4 Å². The van der Waals surface area contributed by atoms with E-state index in [1.807, 2.05) is 0 Å².